The van der Waals surface area contributed by atoms with Gasteiger partial charge >= 0.3 is 0 Å². The van der Waals surface area contributed by atoms with Crippen molar-refractivity contribution < 1.29 is 0 Å². The summed E-state index contributed by atoms with van der Waals surface area (Å²) in [5.74, 6) is 0. The van der Waals surface area contributed by atoms with Gasteiger partial charge in [-0.25, -0.2) is 0 Å². The molecular weight excluding hydrogens is 234 g/mol. The first-order valence-electron chi connectivity index (χ1n) is 7.67. The van der Waals surface area contributed by atoms with Gasteiger partial charge in [-0.05, 0) is 51.0 Å². The molecule has 0 saturated carbocycles. The molecule has 19 heavy (non-hydrogen) atoms. The van der Waals surface area contributed by atoms with E-state index < -0.39 is 0 Å². The Morgan fingerprint density at radius 1 is 1.05 bits per heavy atom. The van der Waals surface area contributed by atoms with Gasteiger partial charge in [0.05, 0.1) is 0 Å². The zero-order valence-corrected chi connectivity index (χ0v) is 11.7. The molecule has 1 aromatic rings. The van der Waals surface area contributed by atoms with Gasteiger partial charge < -0.3 is 5.32 Å². The molecule has 2 fully saturated rings. The average Bonchev–Trinajstić information content (AvgIpc) is 3.10. The Labute approximate surface area is 116 Å². The zero-order valence-electron chi connectivity index (χ0n) is 11.7. The number of rotatable bonds is 5. The number of nitrogens with one attached hydrogen (secondary N) is 1. The van der Waals surface area contributed by atoms with Crippen LogP contribution in [0, 0.1) is 0 Å². The zero-order chi connectivity index (χ0) is 12.9. The maximum atomic E-state index is 3.50. The molecule has 1 unspecified atom stereocenters. The molecule has 2 heterocycles. The van der Waals surface area contributed by atoms with E-state index in [9.17, 15) is 0 Å². The molecule has 0 aliphatic carbocycles. The predicted octanol–water partition coefficient (Wildman–Crippen LogP) is 2.27. The standard InChI is InChI=1S/C16H25N3/c1-2-6-15(7-3-1)17-9-13-18-12-8-16(14-18)19-10-4-5-11-19/h1-3,6-7,16-17H,4-5,8-14H2. The molecule has 0 amide bonds. The summed E-state index contributed by atoms with van der Waals surface area (Å²) in [5, 5.41) is 3.50. The summed E-state index contributed by atoms with van der Waals surface area (Å²) in [6, 6.07) is 11.3. The number of anilines is 1. The largest absolute Gasteiger partial charge is 0.384 e. The molecule has 3 nitrogen and oxygen atoms in total. The van der Waals surface area contributed by atoms with Crippen LogP contribution in [0.1, 0.15) is 19.3 Å². The summed E-state index contributed by atoms with van der Waals surface area (Å²) < 4.78 is 0. The fourth-order valence-electron chi connectivity index (χ4n) is 3.33. The maximum Gasteiger partial charge on any atom is 0.0340 e. The Hall–Kier alpha value is -1.06. The minimum atomic E-state index is 0.833. The lowest BCUT2D eigenvalue weighted by molar-refractivity contribution is 0.234. The van der Waals surface area contributed by atoms with Gasteiger partial charge in [0.2, 0.25) is 0 Å². The van der Waals surface area contributed by atoms with Crippen molar-refractivity contribution in [2.75, 3.05) is 44.6 Å². The fourth-order valence-corrected chi connectivity index (χ4v) is 3.33. The summed E-state index contributed by atoms with van der Waals surface area (Å²) in [6.07, 6.45) is 4.18. The van der Waals surface area contributed by atoms with Gasteiger partial charge in [0.25, 0.3) is 0 Å². The van der Waals surface area contributed by atoms with E-state index >= 15 is 0 Å². The third-order valence-corrected chi connectivity index (χ3v) is 4.44. The van der Waals surface area contributed by atoms with E-state index in [1.165, 1.54) is 57.7 Å². The van der Waals surface area contributed by atoms with Crippen LogP contribution in [0.25, 0.3) is 0 Å². The maximum absolute atomic E-state index is 3.50. The van der Waals surface area contributed by atoms with Crippen LogP contribution in [0.2, 0.25) is 0 Å². The minimum absolute atomic E-state index is 0.833. The van der Waals surface area contributed by atoms with Crippen molar-refractivity contribution in [3.63, 3.8) is 0 Å². The van der Waals surface area contributed by atoms with Crippen molar-refractivity contribution >= 4 is 5.69 Å². The van der Waals surface area contributed by atoms with Crippen molar-refractivity contribution in [2.24, 2.45) is 0 Å². The smallest absolute Gasteiger partial charge is 0.0340 e. The van der Waals surface area contributed by atoms with Gasteiger partial charge in [-0.2, -0.15) is 0 Å². The fraction of sp³-hybridized carbons (Fsp3) is 0.625. The van der Waals surface area contributed by atoms with Crippen LogP contribution in [-0.2, 0) is 0 Å². The minimum Gasteiger partial charge on any atom is -0.384 e. The molecule has 2 aliphatic rings. The van der Waals surface area contributed by atoms with Crippen molar-refractivity contribution in [3.05, 3.63) is 30.3 Å². The molecule has 0 spiro atoms. The Morgan fingerprint density at radius 2 is 1.84 bits per heavy atom. The first-order chi connectivity index (χ1) is 9.42. The lowest BCUT2D eigenvalue weighted by atomic mass is 10.2. The Kier molecular flexibility index (Phi) is 4.36. The van der Waals surface area contributed by atoms with Crippen LogP contribution < -0.4 is 5.32 Å². The highest BCUT2D eigenvalue weighted by Gasteiger charge is 2.28. The number of likely N-dealkylation sites (tertiary alicyclic amines) is 2. The Balaban J connectivity index is 1.37. The van der Waals surface area contributed by atoms with Gasteiger partial charge in [0.1, 0.15) is 0 Å². The molecule has 0 bridgehead atoms. The molecule has 1 atom stereocenters. The van der Waals surface area contributed by atoms with Crippen LogP contribution in [0.5, 0.6) is 0 Å². The normalized spacial score (nSPS) is 24.9. The number of hydrogen-bond donors (Lipinski definition) is 1. The molecule has 104 valence electrons. The van der Waals surface area contributed by atoms with Crippen molar-refractivity contribution in [3.8, 4) is 0 Å². The van der Waals surface area contributed by atoms with E-state index in [0.29, 0.717) is 0 Å². The van der Waals surface area contributed by atoms with Crippen LogP contribution in [0.4, 0.5) is 5.69 Å². The van der Waals surface area contributed by atoms with Gasteiger partial charge in [-0.15, -0.1) is 0 Å². The van der Waals surface area contributed by atoms with E-state index in [0.717, 1.165) is 12.6 Å². The first kappa shape index (κ1) is 12.9. The quantitative estimate of drug-likeness (QED) is 0.875. The lowest BCUT2D eigenvalue weighted by Gasteiger charge is -2.23. The Bertz CT molecular complexity index is 373. The molecule has 2 aliphatic heterocycles. The second kappa shape index (κ2) is 6.40. The van der Waals surface area contributed by atoms with Crippen molar-refractivity contribution in [2.45, 2.75) is 25.3 Å². The second-order valence-corrected chi connectivity index (χ2v) is 5.78. The molecule has 0 aromatic heterocycles. The third-order valence-electron chi connectivity index (χ3n) is 4.44. The topological polar surface area (TPSA) is 18.5 Å². The summed E-state index contributed by atoms with van der Waals surface area (Å²) >= 11 is 0. The average molecular weight is 259 g/mol. The van der Waals surface area contributed by atoms with Gasteiger partial charge in [0, 0.05) is 31.4 Å². The van der Waals surface area contributed by atoms with Crippen molar-refractivity contribution in [1.29, 1.82) is 0 Å². The second-order valence-electron chi connectivity index (χ2n) is 5.78. The molecule has 3 rings (SSSR count). The van der Waals surface area contributed by atoms with E-state index in [2.05, 4.69) is 45.4 Å². The molecule has 1 N–H and O–H groups in total. The summed E-state index contributed by atoms with van der Waals surface area (Å²) in [6.45, 7) is 7.44. The van der Waals surface area contributed by atoms with Gasteiger partial charge in [-0.3, -0.25) is 9.80 Å². The van der Waals surface area contributed by atoms with E-state index in [1.54, 1.807) is 0 Å². The monoisotopic (exact) mass is 259 g/mol. The highest BCUT2D eigenvalue weighted by Crippen LogP contribution is 2.20. The molecule has 2 saturated heterocycles. The summed E-state index contributed by atoms with van der Waals surface area (Å²) in [5.41, 5.74) is 1.23. The highest BCUT2D eigenvalue weighted by molar-refractivity contribution is 5.42. The Morgan fingerprint density at radius 3 is 2.63 bits per heavy atom. The van der Waals surface area contributed by atoms with Gasteiger partial charge in [-0.1, -0.05) is 18.2 Å². The predicted molar refractivity (Wildman–Crippen MR) is 80.6 cm³/mol. The molecule has 3 heteroatoms. The summed E-state index contributed by atoms with van der Waals surface area (Å²) in [7, 11) is 0. The van der Waals surface area contributed by atoms with Crippen LogP contribution in [-0.4, -0.2) is 55.1 Å². The number of benzene rings is 1. The highest BCUT2D eigenvalue weighted by atomic mass is 15.3. The van der Waals surface area contributed by atoms with E-state index in [1.807, 2.05) is 0 Å². The van der Waals surface area contributed by atoms with Crippen LogP contribution in [0.15, 0.2) is 30.3 Å². The van der Waals surface area contributed by atoms with E-state index in [-0.39, 0.29) is 0 Å². The van der Waals surface area contributed by atoms with Crippen molar-refractivity contribution in [1.82, 2.24) is 9.80 Å². The first-order valence-corrected chi connectivity index (χ1v) is 7.67. The molecule has 0 radical (unpaired) electrons. The van der Waals surface area contributed by atoms with Crippen LogP contribution >= 0.6 is 0 Å². The third kappa shape index (κ3) is 3.48. The SMILES string of the molecule is c1ccc(NCCN2CCC(N3CCCC3)C2)cc1. The van der Waals surface area contributed by atoms with E-state index in [4.69, 9.17) is 0 Å². The number of para-hydroxylation sites is 1. The molecule has 1 aromatic carbocycles. The summed E-state index contributed by atoms with van der Waals surface area (Å²) in [4.78, 5) is 5.31. The lowest BCUT2D eigenvalue weighted by Crippen LogP contribution is -2.36. The molecular formula is C16H25N3. The number of hydrogen-bond acceptors (Lipinski definition) is 3. The van der Waals surface area contributed by atoms with Crippen LogP contribution in [0.3, 0.4) is 0 Å². The number of nitrogens with zero attached hydrogens (tertiary/aromatic N) is 2. The van der Waals surface area contributed by atoms with Gasteiger partial charge in [0.15, 0.2) is 0 Å².